The molecule has 0 aromatic heterocycles. The number of phosphoric acid groups is 2. The Morgan fingerprint density at radius 2 is 0.489 bits per heavy atom. The summed E-state index contributed by atoms with van der Waals surface area (Å²) in [4.78, 5) is 72.7. The first-order valence-electron chi connectivity index (χ1n) is 39.0. The molecule has 3 N–H and O–H groups in total. The molecule has 17 nitrogen and oxygen atoms in total. The fourth-order valence-electron chi connectivity index (χ4n) is 11.5. The van der Waals surface area contributed by atoms with E-state index in [0.717, 1.165) is 115 Å². The number of carbonyl (C=O) groups is 4. The van der Waals surface area contributed by atoms with Crippen molar-refractivity contribution in [1.82, 2.24) is 0 Å². The van der Waals surface area contributed by atoms with Gasteiger partial charge >= 0.3 is 39.5 Å². The van der Waals surface area contributed by atoms with Gasteiger partial charge in [-0.25, -0.2) is 9.13 Å². The maximum absolute atomic E-state index is 13.1. The first-order chi connectivity index (χ1) is 45.4. The van der Waals surface area contributed by atoms with Crippen LogP contribution in [0.2, 0.25) is 0 Å². The summed E-state index contributed by atoms with van der Waals surface area (Å²) in [7, 11) is -9.90. The van der Waals surface area contributed by atoms with Gasteiger partial charge in [0.2, 0.25) is 0 Å². The minimum absolute atomic E-state index is 0.106. The molecule has 0 spiro atoms. The van der Waals surface area contributed by atoms with Crippen LogP contribution in [0.4, 0.5) is 0 Å². The van der Waals surface area contributed by atoms with Crippen molar-refractivity contribution < 1.29 is 80.2 Å². The SMILES string of the molecule is CCCCCCCCCCCCCCCCCCC(=O)OC[C@H](COP(=O)(O)OC[C@@H](O)COP(=O)(O)OC[C@@H](COC(=O)CCCCCCCCC)OC(=O)CCCCCCCCCCCCCC(C)C)OC(=O)CCCCCCCCCCCCCCCCC(C)C. The van der Waals surface area contributed by atoms with E-state index in [1.807, 2.05) is 0 Å². The minimum atomic E-state index is -4.96. The van der Waals surface area contributed by atoms with Gasteiger partial charge in [-0.15, -0.1) is 0 Å². The van der Waals surface area contributed by atoms with Gasteiger partial charge in [-0.3, -0.25) is 37.3 Å². The van der Waals surface area contributed by atoms with Crippen LogP contribution in [0, 0.1) is 11.8 Å². The van der Waals surface area contributed by atoms with E-state index in [1.54, 1.807) is 0 Å². The summed E-state index contributed by atoms with van der Waals surface area (Å²) in [6.45, 7) is 9.58. The van der Waals surface area contributed by atoms with E-state index in [4.69, 9.17) is 37.0 Å². The summed E-state index contributed by atoms with van der Waals surface area (Å²) in [6, 6.07) is 0. The van der Waals surface area contributed by atoms with Crippen molar-refractivity contribution >= 4 is 39.5 Å². The molecule has 0 heterocycles. The van der Waals surface area contributed by atoms with Crippen LogP contribution in [0.3, 0.4) is 0 Å². The molecule has 0 aliphatic rings. The first-order valence-corrected chi connectivity index (χ1v) is 42.0. The molecule has 0 amide bonds. The lowest BCUT2D eigenvalue weighted by molar-refractivity contribution is -0.161. The number of hydrogen-bond donors (Lipinski definition) is 3. The van der Waals surface area contributed by atoms with Gasteiger partial charge in [0.05, 0.1) is 26.4 Å². The maximum Gasteiger partial charge on any atom is 0.472 e. The molecule has 19 heteroatoms. The molecule has 2 unspecified atom stereocenters. The first kappa shape index (κ1) is 92.1. The lowest BCUT2D eigenvalue weighted by Gasteiger charge is -2.21. The van der Waals surface area contributed by atoms with Crippen molar-refractivity contribution in [2.24, 2.45) is 11.8 Å². The smallest absolute Gasteiger partial charge is 0.462 e. The highest BCUT2D eigenvalue weighted by molar-refractivity contribution is 7.47. The Bertz CT molecular complexity index is 1820. The Morgan fingerprint density at radius 3 is 0.723 bits per heavy atom. The van der Waals surface area contributed by atoms with Crippen LogP contribution in [0.25, 0.3) is 0 Å². The Morgan fingerprint density at radius 1 is 0.287 bits per heavy atom. The number of hydrogen-bond acceptors (Lipinski definition) is 15. The Kier molecular flexibility index (Phi) is 65.5. The number of carbonyl (C=O) groups excluding carboxylic acids is 4. The largest absolute Gasteiger partial charge is 0.472 e. The van der Waals surface area contributed by atoms with E-state index in [0.29, 0.717) is 25.7 Å². The zero-order valence-electron chi connectivity index (χ0n) is 61.3. The third-order valence-electron chi connectivity index (χ3n) is 17.5. The molecule has 0 aliphatic carbocycles. The van der Waals surface area contributed by atoms with Crippen LogP contribution >= 0.6 is 15.6 Å². The highest BCUT2D eigenvalue weighted by Gasteiger charge is 2.30. The van der Waals surface area contributed by atoms with Crippen molar-refractivity contribution in [3.05, 3.63) is 0 Å². The van der Waals surface area contributed by atoms with E-state index in [-0.39, 0.29) is 25.7 Å². The zero-order valence-corrected chi connectivity index (χ0v) is 63.1. The molecule has 0 radical (unpaired) electrons. The number of aliphatic hydroxyl groups excluding tert-OH is 1. The van der Waals surface area contributed by atoms with Gasteiger partial charge in [0.15, 0.2) is 12.2 Å². The zero-order chi connectivity index (χ0) is 69.3. The monoisotopic (exact) mass is 1380 g/mol. The molecule has 0 aromatic rings. The van der Waals surface area contributed by atoms with E-state index in [2.05, 4.69) is 41.5 Å². The number of esters is 4. The molecule has 94 heavy (non-hydrogen) atoms. The van der Waals surface area contributed by atoms with E-state index >= 15 is 0 Å². The van der Waals surface area contributed by atoms with Crippen molar-refractivity contribution in [2.45, 2.75) is 407 Å². The highest BCUT2D eigenvalue weighted by atomic mass is 31.2. The molecular formula is C75H146O17P2. The summed E-state index contributed by atoms with van der Waals surface area (Å²) in [5.74, 6) is -0.559. The summed E-state index contributed by atoms with van der Waals surface area (Å²) < 4.78 is 68.4. The standard InChI is InChI=1S/C75H146O17P2/c1-7-9-11-13-15-16-17-18-19-20-24-29-34-40-46-52-58-73(78)86-64-71(92-74(79)59-53-47-41-35-30-25-22-21-23-27-32-38-43-49-55-67(3)4)66-90-94(83,84)88-62-69(76)61-87-93(81,82)89-65-70(63-85-72(77)57-51-45-37-14-12-10-8-2)91-75(80)60-54-48-42-36-31-26-28-33-39-44-50-56-68(5)6/h67-71,76H,7-66H2,1-6H3,(H,81,82)(H,83,84)/t69-,70+,71+/m0/s1. The number of ether oxygens (including phenoxy) is 4. The molecule has 0 aromatic carbocycles. The van der Waals surface area contributed by atoms with Crippen molar-refractivity contribution in [2.75, 3.05) is 39.6 Å². The Hall–Kier alpha value is -1.94. The molecule has 0 saturated heterocycles. The van der Waals surface area contributed by atoms with E-state index in [1.165, 1.54) is 193 Å². The number of phosphoric ester groups is 2. The van der Waals surface area contributed by atoms with Crippen LogP contribution in [0.5, 0.6) is 0 Å². The molecule has 0 fully saturated rings. The predicted octanol–water partition coefficient (Wildman–Crippen LogP) is 21.9. The third kappa shape index (κ3) is 68.6. The fourth-order valence-corrected chi connectivity index (χ4v) is 13.1. The summed E-state index contributed by atoms with van der Waals surface area (Å²) in [5, 5.41) is 10.6. The Labute approximate surface area is 575 Å². The number of unbranched alkanes of at least 4 members (excludes halogenated alkanes) is 44. The van der Waals surface area contributed by atoms with Gasteiger partial charge in [-0.05, 0) is 37.5 Å². The second-order valence-corrected chi connectivity index (χ2v) is 30.9. The molecule has 0 rings (SSSR count). The van der Waals surface area contributed by atoms with Crippen LogP contribution in [0.15, 0.2) is 0 Å². The van der Waals surface area contributed by atoms with Crippen LogP contribution in [0.1, 0.15) is 388 Å². The molecular weight excluding hydrogens is 1230 g/mol. The highest BCUT2D eigenvalue weighted by Crippen LogP contribution is 2.45. The molecule has 0 aliphatic heterocycles. The average molecular weight is 1380 g/mol. The molecule has 0 saturated carbocycles. The topological polar surface area (TPSA) is 237 Å². The lowest BCUT2D eigenvalue weighted by Crippen LogP contribution is -2.30. The van der Waals surface area contributed by atoms with Crippen molar-refractivity contribution in [3.8, 4) is 0 Å². The summed E-state index contributed by atoms with van der Waals surface area (Å²) in [6.07, 6.45) is 54.2. The van der Waals surface area contributed by atoms with Crippen molar-refractivity contribution in [1.29, 1.82) is 0 Å². The average Bonchev–Trinajstić information content (AvgIpc) is 2.23. The van der Waals surface area contributed by atoms with Gasteiger partial charge in [-0.2, -0.15) is 0 Å². The van der Waals surface area contributed by atoms with Crippen LogP contribution in [-0.2, 0) is 65.4 Å². The van der Waals surface area contributed by atoms with Crippen molar-refractivity contribution in [3.63, 3.8) is 0 Å². The van der Waals surface area contributed by atoms with Crippen LogP contribution in [-0.4, -0.2) is 96.7 Å². The van der Waals surface area contributed by atoms with Crippen LogP contribution < -0.4 is 0 Å². The second-order valence-electron chi connectivity index (χ2n) is 28.0. The van der Waals surface area contributed by atoms with Gasteiger partial charge in [0, 0.05) is 25.7 Å². The molecule has 0 bridgehead atoms. The lowest BCUT2D eigenvalue weighted by atomic mass is 10.0. The normalized spacial score (nSPS) is 14.0. The fraction of sp³-hybridized carbons (Fsp3) is 0.947. The second kappa shape index (κ2) is 66.9. The predicted molar refractivity (Wildman–Crippen MR) is 381 cm³/mol. The van der Waals surface area contributed by atoms with Gasteiger partial charge < -0.3 is 33.8 Å². The van der Waals surface area contributed by atoms with Gasteiger partial charge in [-0.1, -0.05) is 337 Å². The van der Waals surface area contributed by atoms with Gasteiger partial charge in [0.25, 0.3) is 0 Å². The van der Waals surface area contributed by atoms with Gasteiger partial charge in [0.1, 0.15) is 19.3 Å². The summed E-state index contributed by atoms with van der Waals surface area (Å²) >= 11 is 0. The third-order valence-corrected chi connectivity index (χ3v) is 19.4. The van der Waals surface area contributed by atoms with E-state index < -0.39 is 97.5 Å². The molecule has 5 atom stereocenters. The number of rotatable bonds is 74. The maximum atomic E-state index is 13.1. The van der Waals surface area contributed by atoms with E-state index in [9.17, 15) is 43.2 Å². The molecule has 558 valence electrons. The Balaban J connectivity index is 5.20. The number of aliphatic hydroxyl groups is 1. The quantitative estimate of drug-likeness (QED) is 0.0222. The summed E-state index contributed by atoms with van der Waals surface area (Å²) in [5.41, 5.74) is 0. The minimum Gasteiger partial charge on any atom is -0.462 e.